The number of hydrogen-bond acceptors (Lipinski definition) is 4. The number of rotatable bonds is 3. The van der Waals surface area contributed by atoms with E-state index in [0.29, 0.717) is 0 Å². The second kappa shape index (κ2) is 3.94. The summed E-state index contributed by atoms with van der Waals surface area (Å²) in [7, 11) is -1.76. The lowest BCUT2D eigenvalue weighted by atomic mass is 10.6. The van der Waals surface area contributed by atoms with Crippen molar-refractivity contribution in [1.82, 2.24) is 5.10 Å². The summed E-state index contributed by atoms with van der Waals surface area (Å²) >= 11 is 0. The second-order valence-corrected chi connectivity index (χ2v) is 3.53. The average molecular weight is 202 g/mol. The fraction of sp³-hybridized carbons (Fsp3) is 0.167. The first-order valence-corrected chi connectivity index (χ1v) is 4.58. The first-order valence-electron chi connectivity index (χ1n) is 3.26. The Kier molecular flexibility index (Phi) is 2.91. The molecular formula is C6H6N2O4S. The monoisotopic (exact) mass is 202 g/mol. The highest BCUT2D eigenvalue weighted by Crippen LogP contribution is 1.98. The molecule has 0 saturated carbocycles. The molecule has 13 heavy (non-hydrogen) atoms. The van der Waals surface area contributed by atoms with Gasteiger partial charge in [-0.3, -0.25) is 9.00 Å². The minimum atomic E-state index is -1.76. The van der Waals surface area contributed by atoms with E-state index in [1.807, 2.05) is 0 Å². The van der Waals surface area contributed by atoms with Crippen LogP contribution in [-0.2, 0) is 15.6 Å². The van der Waals surface area contributed by atoms with Crippen LogP contribution in [0.1, 0.15) is 0 Å². The normalized spacial score (nSPS) is 12.3. The summed E-state index contributed by atoms with van der Waals surface area (Å²) in [5.41, 5.74) is 0. The van der Waals surface area contributed by atoms with Crippen molar-refractivity contribution in [3.8, 4) is 0 Å². The molecule has 0 amide bonds. The predicted octanol–water partition coefficient (Wildman–Crippen LogP) is -1.09. The predicted molar refractivity (Wildman–Crippen MR) is 42.1 cm³/mol. The van der Waals surface area contributed by atoms with Crippen LogP contribution in [0.25, 0.3) is 0 Å². The molecule has 0 aliphatic heterocycles. The molecule has 0 spiro atoms. The molecule has 0 aliphatic rings. The molecule has 1 heterocycles. The molecule has 70 valence electrons. The quantitative estimate of drug-likeness (QED) is 0.496. The Morgan fingerprint density at radius 3 is 3.00 bits per heavy atom. The molecule has 0 saturated heterocycles. The van der Waals surface area contributed by atoms with Crippen LogP contribution in [0.15, 0.2) is 23.4 Å². The van der Waals surface area contributed by atoms with Crippen molar-refractivity contribution in [3.63, 3.8) is 0 Å². The lowest BCUT2D eigenvalue weighted by Gasteiger charge is -1.96. The average Bonchev–Trinajstić information content (AvgIpc) is 2.03. The van der Waals surface area contributed by atoms with Gasteiger partial charge < -0.3 is 10.3 Å². The maximum atomic E-state index is 11.1. The molecule has 1 aromatic rings. The van der Waals surface area contributed by atoms with Gasteiger partial charge in [0.05, 0.1) is 10.8 Å². The van der Waals surface area contributed by atoms with Gasteiger partial charge in [0.15, 0.2) is 5.03 Å². The van der Waals surface area contributed by atoms with E-state index in [9.17, 15) is 14.2 Å². The first kappa shape index (κ1) is 9.59. The Morgan fingerprint density at radius 2 is 2.46 bits per heavy atom. The van der Waals surface area contributed by atoms with E-state index in [1.165, 1.54) is 12.1 Å². The molecule has 0 radical (unpaired) electrons. The van der Waals surface area contributed by atoms with Gasteiger partial charge in [-0.2, -0.15) is 0 Å². The van der Waals surface area contributed by atoms with Crippen LogP contribution in [0.2, 0.25) is 0 Å². The van der Waals surface area contributed by atoms with E-state index >= 15 is 0 Å². The zero-order chi connectivity index (χ0) is 9.84. The maximum absolute atomic E-state index is 11.1. The van der Waals surface area contributed by atoms with E-state index in [-0.39, 0.29) is 9.87 Å². The highest BCUT2D eigenvalue weighted by molar-refractivity contribution is 7.85. The van der Waals surface area contributed by atoms with Gasteiger partial charge in [-0.25, -0.2) is 0 Å². The fourth-order valence-electron chi connectivity index (χ4n) is 0.670. The lowest BCUT2D eigenvalue weighted by molar-refractivity contribution is -0.673. The molecule has 0 bridgehead atoms. The Morgan fingerprint density at radius 1 is 1.77 bits per heavy atom. The van der Waals surface area contributed by atoms with Crippen molar-refractivity contribution in [2.45, 2.75) is 5.03 Å². The molecule has 1 aromatic heterocycles. The lowest BCUT2D eigenvalue weighted by Crippen LogP contribution is -2.31. The molecule has 0 aliphatic carbocycles. The van der Waals surface area contributed by atoms with Gasteiger partial charge in [-0.05, 0) is 6.07 Å². The summed E-state index contributed by atoms with van der Waals surface area (Å²) in [5.74, 6) is -1.74. The third kappa shape index (κ3) is 2.79. The van der Waals surface area contributed by atoms with E-state index < -0.39 is 22.5 Å². The minimum Gasteiger partial charge on any atom is -0.594 e. The molecular weight excluding hydrogens is 196 g/mol. The van der Waals surface area contributed by atoms with Crippen LogP contribution in [0.3, 0.4) is 0 Å². The Labute approximate surface area is 75.9 Å². The van der Waals surface area contributed by atoms with Crippen LogP contribution in [0.5, 0.6) is 0 Å². The number of carboxylic acid groups (broad SMARTS) is 1. The van der Waals surface area contributed by atoms with E-state index in [4.69, 9.17) is 5.11 Å². The van der Waals surface area contributed by atoms with Crippen molar-refractivity contribution < 1.29 is 19.0 Å². The first-order chi connectivity index (χ1) is 6.09. The highest BCUT2D eigenvalue weighted by Gasteiger charge is 2.12. The number of carboxylic acids is 1. The Hall–Kier alpha value is -1.50. The maximum Gasteiger partial charge on any atom is 0.316 e. The standard InChI is InChI=1S/C6H6N2O4S/c9-6(10)4-13(12)5-2-1-3-8(11)7-5/h1-3H,4H2,(H,9,10). The van der Waals surface area contributed by atoms with Gasteiger partial charge >= 0.3 is 5.97 Å². The van der Waals surface area contributed by atoms with Crippen LogP contribution in [0, 0.1) is 5.21 Å². The number of hydrogen-bond donors (Lipinski definition) is 1. The summed E-state index contributed by atoms with van der Waals surface area (Å²) in [6, 6.07) is 2.70. The van der Waals surface area contributed by atoms with Crippen molar-refractivity contribution in [2.75, 3.05) is 5.75 Å². The Bertz CT molecular complexity index is 354. The molecule has 0 aromatic carbocycles. The van der Waals surface area contributed by atoms with E-state index in [1.54, 1.807) is 0 Å². The van der Waals surface area contributed by atoms with E-state index in [2.05, 4.69) is 5.10 Å². The van der Waals surface area contributed by atoms with Gasteiger partial charge in [0.25, 0.3) is 0 Å². The third-order valence-corrected chi connectivity index (χ3v) is 2.33. The molecule has 7 heteroatoms. The van der Waals surface area contributed by atoms with Gasteiger partial charge in [0, 0.05) is 11.2 Å². The van der Waals surface area contributed by atoms with Crippen molar-refractivity contribution in [3.05, 3.63) is 23.5 Å². The largest absolute Gasteiger partial charge is 0.594 e. The number of aromatic nitrogens is 2. The topological polar surface area (TPSA) is 94.2 Å². The molecule has 6 nitrogen and oxygen atoms in total. The summed E-state index contributed by atoms with van der Waals surface area (Å²) in [6.45, 7) is 0. The molecule has 1 atom stereocenters. The number of nitrogens with zero attached hydrogens (tertiary/aromatic N) is 2. The van der Waals surface area contributed by atoms with Crippen LogP contribution in [-0.4, -0.2) is 26.1 Å². The summed E-state index contributed by atoms with van der Waals surface area (Å²) in [6.07, 6.45) is 1.13. The van der Waals surface area contributed by atoms with Gasteiger partial charge in [0.2, 0.25) is 6.20 Å². The number of aliphatic carboxylic acids is 1. The van der Waals surface area contributed by atoms with Gasteiger partial charge in [0.1, 0.15) is 5.75 Å². The van der Waals surface area contributed by atoms with Crippen LogP contribution >= 0.6 is 0 Å². The summed E-state index contributed by atoms with van der Waals surface area (Å²) in [4.78, 5) is 10.4. The summed E-state index contributed by atoms with van der Waals surface area (Å²) < 4.78 is 11.1. The van der Waals surface area contributed by atoms with Gasteiger partial charge in [-0.1, -0.05) is 4.85 Å². The molecule has 1 N–H and O–H groups in total. The minimum absolute atomic E-state index is 0.0279. The smallest absolute Gasteiger partial charge is 0.316 e. The Balaban J connectivity index is 2.83. The SMILES string of the molecule is O=C(O)CS(=O)c1ccc[n+]([O-])n1. The fourth-order valence-corrected chi connectivity index (χ4v) is 1.44. The molecule has 1 unspecified atom stereocenters. The van der Waals surface area contributed by atoms with Crippen molar-refractivity contribution in [2.24, 2.45) is 0 Å². The highest BCUT2D eigenvalue weighted by atomic mass is 32.2. The zero-order valence-electron chi connectivity index (χ0n) is 6.41. The van der Waals surface area contributed by atoms with Gasteiger partial charge in [-0.15, -0.1) is 0 Å². The second-order valence-electron chi connectivity index (χ2n) is 2.13. The molecule has 0 fully saturated rings. The number of carbonyl (C=O) groups is 1. The molecule has 1 rings (SSSR count). The van der Waals surface area contributed by atoms with Crippen LogP contribution in [0.4, 0.5) is 0 Å². The van der Waals surface area contributed by atoms with Crippen molar-refractivity contribution >= 4 is 16.8 Å². The van der Waals surface area contributed by atoms with E-state index in [0.717, 1.165) is 6.20 Å². The van der Waals surface area contributed by atoms with Crippen LogP contribution < -0.4 is 4.85 Å². The summed E-state index contributed by atoms with van der Waals surface area (Å²) in [5, 5.41) is 22.2. The third-order valence-electron chi connectivity index (χ3n) is 1.14. The zero-order valence-corrected chi connectivity index (χ0v) is 7.23. The van der Waals surface area contributed by atoms with Crippen molar-refractivity contribution in [1.29, 1.82) is 0 Å².